The van der Waals surface area contributed by atoms with E-state index in [0.29, 0.717) is 6.73 Å². The van der Waals surface area contributed by atoms with Crippen LogP contribution in [0.1, 0.15) is 16.8 Å². The molecule has 1 atom stereocenters. The molecule has 1 unspecified atom stereocenters. The maximum atomic E-state index is 8.96. The molecule has 1 aliphatic heterocycles. The van der Waals surface area contributed by atoms with Crippen molar-refractivity contribution in [3.05, 3.63) is 29.7 Å². The zero-order valence-corrected chi connectivity index (χ0v) is 13.9. The van der Waals surface area contributed by atoms with E-state index in [-0.39, 0.29) is 0 Å². The van der Waals surface area contributed by atoms with Gasteiger partial charge in [-0.1, -0.05) is 31.2 Å². The molecule has 2 rings (SSSR count). The van der Waals surface area contributed by atoms with Crippen LogP contribution in [0.25, 0.3) is 6.08 Å². The number of hydrogen-bond acceptors (Lipinski definition) is 3. The van der Waals surface area contributed by atoms with Crippen LogP contribution in [0.4, 0.5) is 0 Å². The van der Waals surface area contributed by atoms with Gasteiger partial charge in [0.1, 0.15) is 12.2 Å². The first-order valence-electron chi connectivity index (χ1n) is 6.69. The molecule has 0 saturated carbocycles. The van der Waals surface area contributed by atoms with Crippen molar-refractivity contribution in [3.63, 3.8) is 0 Å². The molecule has 0 spiro atoms. The molecule has 6 heteroatoms. The number of ether oxygens (including phenoxy) is 1. The smallest absolute Gasteiger partial charge is 0.185 e. The van der Waals surface area contributed by atoms with Crippen LogP contribution in [0.5, 0.6) is 0 Å². The lowest BCUT2D eigenvalue weighted by Gasteiger charge is -2.22. The van der Waals surface area contributed by atoms with Crippen LogP contribution in [0.2, 0.25) is 25.7 Å². The average Bonchev–Trinajstić information content (AvgIpc) is 2.78. The Labute approximate surface area is 126 Å². The second-order valence-electron chi connectivity index (χ2n) is 6.13. The maximum absolute atomic E-state index is 8.96. The fraction of sp³-hybridized carbons (Fsp3) is 0.500. The maximum Gasteiger partial charge on any atom is 0.185 e. The zero-order valence-electron chi connectivity index (χ0n) is 12.1. The lowest BCUT2D eigenvalue weighted by atomic mass is 10.2. The van der Waals surface area contributed by atoms with Gasteiger partial charge in [0.15, 0.2) is 6.19 Å². The molecule has 0 aromatic carbocycles. The van der Waals surface area contributed by atoms with Crippen molar-refractivity contribution in [2.45, 2.75) is 37.9 Å². The van der Waals surface area contributed by atoms with E-state index in [4.69, 9.17) is 21.6 Å². The first-order valence-corrected chi connectivity index (χ1v) is 10.8. The summed E-state index contributed by atoms with van der Waals surface area (Å²) in [7, 11) is -1.04. The molecule has 0 radical (unpaired) electrons. The van der Waals surface area contributed by atoms with Crippen LogP contribution in [0, 0.1) is 11.5 Å². The van der Waals surface area contributed by atoms with Crippen LogP contribution in [0.15, 0.2) is 18.5 Å². The molecule has 0 fully saturated rings. The predicted octanol–water partition coefficient (Wildman–Crippen LogP) is 3.81. The highest BCUT2D eigenvalue weighted by Gasteiger charge is 2.23. The fourth-order valence-electron chi connectivity index (χ4n) is 2.01. The van der Waals surface area contributed by atoms with Gasteiger partial charge in [-0.25, -0.2) is 0 Å². The molecule has 1 aromatic heterocycles. The summed E-state index contributed by atoms with van der Waals surface area (Å²) in [6.07, 6.45) is 7.62. The second-order valence-corrected chi connectivity index (χ2v) is 12.2. The predicted molar refractivity (Wildman–Crippen MR) is 83.6 cm³/mol. The molecule has 1 aliphatic rings. The number of alkyl halides is 1. The highest BCUT2D eigenvalue weighted by molar-refractivity contribution is 6.76. The first-order chi connectivity index (χ1) is 9.42. The topological polar surface area (TPSA) is 41.2 Å². The van der Waals surface area contributed by atoms with Crippen molar-refractivity contribution in [3.8, 4) is 6.19 Å². The summed E-state index contributed by atoms with van der Waals surface area (Å²) in [6.45, 7) is 8.34. The van der Waals surface area contributed by atoms with E-state index in [1.165, 1.54) is 4.90 Å². The number of nitriles is 1. The summed E-state index contributed by atoms with van der Waals surface area (Å²) >= 11 is 6.25. The van der Waals surface area contributed by atoms with Gasteiger partial charge in [0.2, 0.25) is 0 Å². The summed E-state index contributed by atoms with van der Waals surface area (Å²) in [5, 5.41) is 8.96. The molecule has 108 valence electrons. The molecule has 4 nitrogen and oxygen atoms in total. The van der Waals surface area contributed by atoms with Gasteiger partial charge in [0.25, 0.3) is 0 Å². The quantitative estimate of drug-likeness (QED) is 0.273. The van der Waals surface area contributed by atoms with Gasteiger partial charge in [-0.05, 0) is 18.2 Å². The number of fused-ring (bicyclic) bond motifs is 1. The van der Waals surface area contributed by atoms with Gasteiger partial charge in [-0.15, -0.1) is 0 Å². The molecule has 0 N–H and O–H groups in total. The van der Waals surface area contributed by atoms with E-state index < -0.39 is 13.6 Å². The number of halogens is 1. The summed E-state index contributed by atoms with van der Waals surface area (Å²) in [4.78, 5) is 1.43. The SMILES string of the molecule is C[Si](C)(C)CCOCn1ccc2c1C=CN(C#N)C2Cl. The normalized spacial score (nSPS) is 17.9. The lowest BCUT2D eigenvalue weighted by molar-refractivity contribution is 0.0869. The summed E-state index contributed by atoms with van der Waals surface area (Å²) in [5.74, 6) is 0. The monoisotopic (exact) mass is 309 g/mol. The van der Waals surface area contributed by atoms with Gasteiger partial charge >= 0.3 is 0 Å². The summed E-state index contributed by atoms with van der Waals surface area (Å²) < 4.78 is 7.78. The number of aromatic nitrogens is 1. The van der Waals surface area contributed by atoms with Crippen molar-refractivity contribution in [2.24, 2.45) is 0 Å². The highest BCUT2D eigenvalue weighted by atomic mass is 35.5. The molecular formula is C14H20ClN3OSi. The molecule has 0 amide bonds. The minimum Gasteiger partial charge on any atom is -0.361 e. The number of hydrogen-bond donors (Lipinski definition) is 0. The third-order valence-corrected chi connectivity index (χ3v) is 5.42. The van der Waals surface area contributed by atoms with Crippen LogP contribution in [-0.2, 0) is 11.5 Å². The van der Waals surface area contributed by atoms with Crippen molar-refractivity contribution in [1.82, 2.24) is 9.47 Å². The third-order valence-electron chi connectivity index (χ3n) is 3.28. The fourth-order valence-corrected chi connectivity index (χ4v) is 3.06. The number of rotatable bonds is 5. The average molecular weight is 310 g/mol. The van der Waals surface area contributed by atoms with E-state index in [1.54, 1.807) is 6.20 Å². The Hall–Kier alpha value is -1.22. The van der Waals surface area contributed by atoms with E-state index in [2.05, 4.69) is 25.8 Å². The van der Waals surface area contributed by atoms with Crippen molar-refractivity contribution in [1.29, 1.82) is 5.26 Å². The number of nitrogens with zero attached hydrogens (tertiary/aromatic N) is 3. The highest BCUT2D eigenvalue weighted by Crippen LogP contribution is 2.33. The Bertz CT molecular complexity index is 542. The Morgan fingerprint density at radius 1 is 1.45 bits per heavy atom. The van der Waals surface area contributed by atoms with Crippen LogP contribution in [-0.4, -0.2) is 24.1 Å². The Morgan fingerprint density at radius 3 is 2.85 bits per heavy atom. The second kappa shape index (κ2) is 6.04. The molecule has 0 aliphatic carbocycles. The minimum atomic E-state index is -1.04. The van der Waals surface area contributed by atoms with Gasteiger partial charge in [0.05, 0.1) is 5.69 Å². The minimum absolute atomic E-state index is 0.428. The lowest BCUT2D eigenvalue weighted by Crippen LogP contribution is -2.22. The van der Waals surface area contributed by atoms with Crippen LogP contribution < -0.4 is 0 Å². The van der Waals surface area contributed by atoms with Gasteiger partial charge in [-0.3, -0.25) is 4.90 Å². The van der Waals surface area contributed by atoms with Crippen LogP contribution in [0.3, 0.4) is 0 Å². The molecule has 20 heavy (non-hydrogen) atoms. The summed E-state index contributed by atoms with van der Waals surface area (Å²) in [5.41, 5.74) is 1.54. The third kappa shape index (κ3) is 3.45. The molecule has 1 aromatic rings. The van der Waals surface area contributed by atoms with Gasteiger partial charge in [-0.2, -0.15) is 5.26 Å². The van der Waals surface area contributed by atoms with Crippen molar-refractivity contribution < 1.29 is 4.74 Å². The van der Waals surface area contributed by atoms with E-state index in [9.17, 15) is 0 Å². The first kappa shape index (κ1) is 15.2. The molecule has 2 heterocycles. The zero-order chi connectivity index (χ0) is 14.8. The van der Waals surface area contributed by atoms with E-state index >= 15 is 0 Å². The van der Waals surface area contributed by atoms with Crippen molar-refractivity contribution in [2.75, 3.05) is 6.61 Å². The largest absolute Gasteiger partial charge is 0.361 e. The molecular weight excluding hydrogens is 290 g/mol. The molecule has 0 bridgehead atoms. The Balaban J connectivity index is 1.98. The van der Waals surface area contributed by atoms with E-state index in [1.807, 2.05) is 22.9 Å². The van der Waals surface area contributed by atoms with Gasteiger partial charge in [0, 0.05) is 32.6 Å². The van der Waals surface area contributed by atoms with Crippen LogP contribution >= 0.6 is 11.6 Å². The Morgan fingerprint density at radius 2 is 2.20 bits per heavy atom. The van der Waals surface area contributed by atoms with E-state index in [0.717, 1.165) is 23.9 Å². The molecule has 0 saturated heterocycles. The van der Waals surface area contributed by atoms with Crippen molar-refractivity contribution >= 4 is 25.8 Å². The standard InChI is InChI=1S/C14H20ClN3OSi/c1-20(2,3)9-8-19-11-18-6-4-12-13(18)5-7-17(10-16)14(12)15/h4-7,14H,8-9,11H2,1-3H3. The summed E-state index contributed by atoms with van der Waals surface area (Å²) in [6, 6.07) is 3.11. The Kier molecular flexibility index (Phi) is 4.58. The van der Waals surface area contributed by atoms with Gasteiger partial charge < -0.3 is 9.30 Å².